The number of pyridine rings is 1. The van der Waals surface area contributed by atoms with Crippen LogP contribution in [0.25, 0.3) is 11.7 Å². The Balaban J connectivity index is 1.97. The van der Waals surface area contributed by atoms with Crippen molar-refractivity contribution >= 4 is 21.6 Å². The average Bonchev–Trinajstić information content (AvgIpc) is 2.81. The first-order valence-electron chi connectivity index (χ1n) is 9.68. The van der Waals surface area contributed by atoms with Gasteiger partial charge in [0.15, 0.2) is 0 Å². The highest BCUT2D eigenvalue weighted by molar-refractivity contribution is 7.95. The molecule has 0 saturated heterocycles. The lowest BCUT2D eigenvalue weighted by Gasteiger charge is -2.11. The van der Waals surface area contributed by atoms with Crippen LogP contribution in [0.1, 0.15) is 11.1 Å². The van der Waals surface area contributed by atoms with Crippen LogP contribution in [0.5, 0.6) is 11.6 Å². The number of nitriles is 1. The van der Waals surface area contributed by atoms with Crippen molar-refractivity contribution in [1.82, 2.24) is 9.38 Å². The van der Waals surface area contributed by atoms with Crippen molar-refractivity contribution in [1.29, 1.82) is 5.26 Å². The lowest BCUT2D eigenvalue weighted by molar-refractivity contribution is 0.459. The predicted octanol–water partition coefficient (Wildman–Crippen LogP) is 4.27. The summed E-state index contributed by atoms with van der Waals surface area (Å²) >= 11 is 0. The molecule has 2 aromatic carbocycles. The van der Waals surface area contributed by atoms with E-state index in [0.29, 0.717) is 11.2 Å². The van der Waals surface area contributed by atoms with E-state index in [1.807, 2.05) is 0 Å². The van der Waals surface area contributed by atoms with Crippen LogP contribution in [0.2, 0.25) is 0 Å². The number of aromatic nitrogens is 2. The first kappa shape index (κ1) is 21.9. The summed E-state index contributed by atoms with van der Waals surface area (Å²) < 4.78 is 46.3. The molecule has 2 heterocycles. The number of ether oxygens (including phenoxy) is 1. The maximum absolute atomic E-state index is 13.3. The smallest absolute Gasteiger partial charge is 0.269 e. The zero-order valence-corrected chi connectivity index (χ0v) is 18.1. The number of hydrogen-bond donors (Lipinski definition) is 0. The summed E-state index contributed by atoms with van der Waals surface area (Å²) in [5.41, 5.74) is 0.1000. The first-order valence-corrected chi connectivity index (χ1v) is 11.2. The van der Waals surface area contributed by atoms with Crippen LogP contribution < -0.4 is 10.3 Å². The van der Waals surface area contributed by atoms with Crippen molar-refractivity contribution in [3.05, 3.63) is 105 Å². The number of sulfone groups is 1. The molecule has 0 atom stereocenters. The van der Waals surface area contributed by atoms with Crippen LogP contribution >= 0.6 is 0 Å². The van der Waals surface area contributed by atoms with Gasteiger partial charge in [0.25, 0.3) is 5.56 Å². The molecule has 0 aliphatic carbocycles. The van der Waals surface area contributed by atoms with Crippen molar-refractivity contribution in [2.24, 2.45) is 0 Å². The third-order valence-corrected chi connectivity index (χ3v) is 6.49. The van der Waals surface area contributed by atoms with Crippen molar-refractivity contribution in [2.45, 2.75) is 11.8 Å². The van der Waals surface area contributed by atoms with Crippen LogP contribution in [0, 0.1) is 24.1 Å². The largest absolute Gasteiger partial charge is 0.438 e. The van der Waals surface area contributed by atoms with Crippen LogP contribution in [-0.2, 0) is 9.84 Å². The minimum Gasteiger partial charge on any atom is -0.438 e. The second kappa shape index (κ2) is 8.68. The molecule has 0 aliphatic rings. The van der Waals surface area contributed by atoms with Gasteiger partial charge in [0, 0.05) is 6.20 Å². The topological polar surface area (TPSA) is 102 Å². The van der Waals surface area contributed by atoms with Gasteiger partial charge in [0.1, 0.15) is 33.8 Å². The molecule has 164 valence electrons. The molecule has 7 nitrogen and oxygen atoms in total. The van der Waals surface area contributed by atoms with Gasteiger partial charge >= 0.3 is 0 Å². The lowest BCUT2D eigenvalue weighted by Crippen LogP contribution is -2.20. The van der Waals surface area contributed by atoms with Crippen LogP contribution in [0.15, 0.2) is 87.5 Å². The van der Waals surface area contributed by atoms with E-state index in [-0.39, 0.29) is 22.1 Å². The third-order valence-electron chi connectivity index (χ3n) is 4.81. The molecule has 2 aromatic heterocycles. The molecule has 0 N–H and O–H groups in total. The Kier molecular flexibility index (Phi) is 5.77. The zero-order chi connectivity index (χ0) is 23.6. The Morgan fingerprint density at radius 2 is 1.79 bits per heavy atom. The number of fused-ring (bicyclic) bond motifs is 1. The third kappa shape index (κ3) is 4.24. The summed E-state index contributed by atoms with van der Waals surface area (Å²) in [4.78, 5) is 16.9. The molecule has 33 heavy (non-hydrogen) atoms. The monoisotopic (exact) mass is 461 g/mol. The number of allylic oxidation sites excluding steroid dienone is 1. The molecule has 9 heteroatoms. The Morgan fingerprint density at radius 1 is 1.09 bits per heavy atom. The fraction of sp³-hybridized carbons (Fsp3) is 0.0417. The number of aryl methyl sites for hydroxylation is 1. The van der Waals surface area contributed by atoms with Crippen LogP contribution in [-0.4, -0.2) is 17.8 Å². The Morgan fingerprint density at radius 3 is 2.45 bits per heavy atom. The summed E-state index contributed by atoms with van der Waals surface area (Å²) in [5, 5.41) is 9.63. The number of rotatable bonds is 5. The molecule has 0 spiro atoms. The molecule has 0 saturated carbocycles. The van der Waals surface area contributed by atoms with E-state index < -0.39 is 26.1 Å². The van der Waals surface area contributed by atoms with Crippen molar-refractivity contribution in [2.75, 3.05) is 0 Å². The van der Waals surface area contributed by atoms with E-state index in [1.54, 1.807) is 31.2 Å². The molecular weight excluding hydrogens is 445 g/mol. The molecule has 4 rings (SSSR count). The van der Waals surface area contributed by atoms with Gasteiger partial charge < -0.3 is 4.74 Å². The molecule has 4 aromatic rings. The minimum absolute atomic E-state index is 0.0940. The molecule has 0 unspecified atom stereocenters. The number of hydrogen-bond acceptors (Lipinski definition) is 6. The van der Waals surface area contributed by atoms with Gasteiger partial charge in [0.05, 0.1) is 4.90 Å². The summed E-state index contributed by atoms with van der Waals surface area (Å²) in [5.74, 6) is -0.511. The number of benzene rings is 2. The Hall–Kier alpha value is -4.29. The first-order chi connectivity index (χ1) is 15.8. The standard InChI is InChI=1S/C24H16FN3O4S/c1-16-6-5-13-28-22(16)27-23(32-18-11-9-17(25)10-12-18)21(24(28)29)14-20(15-26)33(30,31)19-7-3-2-4-8-19/h2-14H,1H3/b20-14+. The maximum Gasteiger partial charge on any atom is 0.269 e. The normalized spacial score (nSPS) is 11.8. The Bertz CT molecular complexity index is 1590. The van der Waals surface area contributed by atoms with Gasteiger partial charge in [-0.05, 0) is 61.0 Å². The maximum atomic E-state index is 13.3. The van der Waals surface area contributed by atoms with Gasteiger partial charge in [-0.15, -0.1) is 0 Å². The second-order valence-electron chi connectivity index (χ2n) is 7.01. The molecule has 0 aliphatic heterocycles. The summed E-state index contributed by atoms with van der Waals surface area (Å²) in [6.07, 6.45) is 2.43. The molecule has 0 bridgehead atoms. The van der Waals surface area contributed by atoms with Gasteiger partial charge in [0.2, 0.25) is 15.7 Å². The van der Waals surface area contributed by atoms with Gasteiger partial charge in [-0.2, -0.15) is 10.2 Å². The van der Waals surface area contributed by atoms with Gasteiger partial charge in [-0.25, -0.2) is 12.8 Å². The molecule has 0 radical (unpaired) electrons. The van der Waals surface area contributed by atoms with Crippen molar-refractivity contribution < 1.29 is 17.5 Å². The summed E-state index contributed by atoms with van der Waals surface area (Å²) in [6, 6.07) is 17.5. The van der Waals surface area contributed by atoms with E-state index in [0.717, 1.165) is 6.08 Å². The van der Waals surface area contributed by atoms with Gasteiger partial charge in [-0.1, -0.05) is 24.3 Å². The zero-order valence-electron chi connectivity index (χ0n) is 17.3. The van der Waals surface area contributed by atoms with E-state index in [9.17, 15) is 22.9 Å². The molecule has 0 fully saturated rings. The molecular formula is C24H16FN3O4S. The second-order valence-corrected chi connectivity index (χ2v) is 8.93. The fourth-order valence-electron chi connectivity index (χ4n) is 3.14. The predicted molar refractivity (Wildman–Crippen MR) is 120 cm³/mol. The SMILES string of the molecule is Cc1cccn2c(=O)c(/C=C(\C#N)S(=O)(=O)c3ccccc3)c(Oc3ccc(F)cc3)nc12. The lowest BCUT2D eigenvalue weighted by atomic mass is 10.2. The quantitative estimate of drug-likeness (QED) is 0.411. The highest BCUT2D eigenvalue weighted by Gasteiger charge is 2.23. The van der Waals surface area contributed by atoms with Crippen molar-refractivity contribution in [3.8, 4) is 17.7 Å². The van der Waals surface area contributed by atoms with E-state index >= 15 is 0 Å². The van der Waals surface area contributed by atoms with Crippen LogP contribution in [0.3, 0.4) is 0 Å². The number of halogens is 1. The molecule has 0 amide bonds. The van der Waals surface area contributed by atoms with E-state index in [2.05, 4.69) is 4.98 Å². The van der Waals surface area contributed by atoms with E-state index in [1.165, 1.54) is 59.1 Å². The number of nitrogens with zero attached hydrogens (tertiary/aromatic N) is 3. The average molecular weight is 461 g/mol. The van der Waals surface area contributed by atoms with Crippen LogP contribution in [0.4, 0.5) is 4.39 Å². The summed E-state index contributed by atoms with van der Waals surface area (Å²) in [6.45, 7) is 1.75. The van der Waals surface area contributed by atoms with Gasteiger partial charge in [-0.3, -0.25) is 9.20 Å². The Labute approximate surface area is 188 Å². The highest BCUT2D eigenvalue weighted by atomic mass is 32.2. The minimum atomic E-state index is -4.20. The van der Waals surface area contributed by atoms with E-state index in [4.69, 9.17) is 4.74 Å². The highest BCUT2D eigenvalue weighted by Crippen LogP contribution is 2.27. The fourth-order valence-corrected chi connectivity index (χ4v) is 4.30. The summed E-state index contributed by atoms with van der Waals surface area (Å²) in [7, 11) is -4.20. The van der Waals surface area contributed by atoms with Crippen molar-refractivity contribution in [3.63, 3.8) is 0 Å².